The number of hydrogen-bond acceptors (Lipinski definition) is 16. The molecule has 0 fully saturated rings. The second kappa shape index (κ2) is 39.3. The molecule has 0 atom stereocenters. The molecule has 0 saturated carbocycles. The number of halogens is 4. The fraction of sp³-hybridized carbons (Fsp3) is 0.192. The van der Waals surface area contributed by atoms with Gasteiger partial charge in [0.15, 0.2) is 0 Å². The Morgan fingerprint density at radius 3 is 0.962 bits per heavy atom. The zero-order chi connectivity index (χ0) is 91.6. The van der Waals surface area contributed by atoms with Crippen LogP contribution in [-0.4, -0.2) is 135 Å². The fourth-order valence-corrected chi connectivity index (χ4v) is 16.7. The summed E-state index contributed by atoms with van der Waals surface area (Å²) in [6.07, 6.45) is 26.1. The number of rotatable bonds is 24. The lowest BCUT2D eigenvalue weighted by molar-refractivity contribution is 0.387. The molecule has 0 aliphatic carbocycles. The summed E-state index contributed by atoms with van der Waals surface area (Å²) in [6, 6.07) is 58.4. The second-order valence-corrected chi connectivity index (χ2v) is 32.2. The fourth-order valence-electron chi connectivity index (χ4n) is 16.7. The van der Waals surface area contributed by atoms with Gasteiger partial charge < -0.3 is 49.5 Å². The molecule has 0 amide bonds. The number of likely N-dealkylation sites (N-methyl/N-ethyl adjacent to an activating group) is 1. The summed E-state index contributed by atoms with van der Waals surface area (Å²) in [7, 11) is 15.6. The van der Waals surface area contributed by atoms with Crippen molar-refractivity contribution in [1.29, 1.82) is 31.9 Å². The minimum Gasteiger partial charge on any atom is -0.388 e. The van der Waals surface area contributed by atoms with Gasteiger partial charge in [-0.05, 0) is 198 Å². The van der Waals surface area contributed by atoms with Crippen LogP contribution in [0.3, 0.4) is 0 Å². The van der Waals surface area contributed by atoms with Crippen molar-refractivity contribution >= 4 is 89.2 Å². The van der Waals surface area contributed by atoms with Gasteiger partial charge in [0.2, 0.25) is 0 Å². The summed E-state index contributed by atoms with van der Waals surface area (Å²) in [5.41, 5.74) is 21.8. The zero-order valence-electron chi connectivity index (χ0n) is 73.7. The first kappa shape index (κ1) is 88.8. The maximum atomic E-state index is 14.6. The van der Waals surface area contributed by atoms with E-state index in [1.165, 1.54) is 61.0 Å². The number of aromatic nitrogens is 12. The molecule has 0 unspecified atom stereocenters. The third-order valence-electron chi connectivity index (χ3n) is 23.4. The van der Waals surface area contributed by atoms with Crippen LogP contribution in [0.2, 0.25) is 0 Å². The summed E-state index contributed by atoms with van der Waals surface area (Å²) in [4.78, 5) is 23.6. The number of hydrogen-bond donors (Lipinski definition) is 4. The molecule has 0 spiro atoms. The predicted octanol–water partition coefficient (Wildman–Crippen LogP) is 22.1. The van der Waals surface area contributed by atoms with E-state index in [1.807, 2.05) is 204 Å². The number of nitriles is 4. The van der Waals surface area contributed by atoms with Crippen molar-refractivity contribution < 1.29 is 17.6 Å². The van der Waals surface area contributed by atoms with Crippen molar-refractivity contribution in [2.45, 2.75) is 65.7 Å². The van der Waals surface area contributed by atoms with Gasteiger partial charge in [0.05, 0.1) is 115 Å². The van der Waals surface area contributed by atoms with Crippen molar-refractivity contribution in [3.8, 4) is 114 Å². The van der Waals surface area contributed by atoms with Crippen LogP contribution in [0.1, 0.15) is 72.9 Å². The first-order valence-corrected chi connectivity index (χ1v) is 42.6. The number of nitrogens with one attached hydrogen (secondary N) is 4. The number of unbranched alkanes of at least 4 members (excludes halogenated alkanes) is 1. The third-order valence-corrected chi connectivity index (χ3v) is 23.4. The average molecular weight is 1730 g/mol. The van der Waals surface area contributed by atoms with Crippen LogP contribution in [0.5, 0.6) is 0 Å². The molecule has 18 aromatic rings. The van der Waals surface area contributed by atoms with Gasteiger partial charge in [-0.1, -0.05) is 68.8 Å². The van der Waals surface area contributed by atoms with Crippen molar-refractivity contribution in [2.24, 2.45) is 14.1 Å². The van der Waals surface area contributed by atoms with E-state index in [0.717, 1.165) is 209 Å². The van der Waals surface area contributed by atoms with Crippen LogP contribution < -0.4 is 10.6 Å². The Kier molecular flexibility index (Phi) is 26.8. The number of fused-ring (bicyclic) bond motifs is 6. The van der Waals surface area contributed by atoms with Gasteiger partial charge in [-0.15, -0.1) is 0 Å². The lowest BCUT2D eigenvalue weighted by Gasteiger charge is -2.15. The summed E-state index contributed by atoms with van der Waals surface area (Å²) in [5, 5.41) is 73.0. The van der Waals surface area contributed by atoms with Gasteiger partial charge in [-0.2, -0.15) is 31.2 Å². The van der Waals surface area contributed by atoms with E-state index in [2.05, 4.69) is 107 Å². The van der Waals surface area contributed by atoms with Crippen molar-refractivity contribution in [3.63, 3.8) is 0 Å². The highest BCUT2D eigenvalue weighted by Crippen LogP contribution is 2.45. The minimum absolute atomic E-state index is 0.00783. The summed E-state index contributed by atoms with van der Waals surface area (Å²) < 4.78 is 70.7. The van der Waals surface area contributed by atoms with Gasteiger partial charge in [0, 0.05) is 197 Å². The van der Waals surface area contributed by atoms with Crippen LogP contribution in [0.25, 0.3) is 155 Å². The molecule has 130 heavy (non-hydrogen) atoms. The topological polar surface area (TPSA) is 280 Å². The monoisotopic (exact) mass is 1730 g/mol. The van der Waals surface area contributed by atoms with Gasteiger partial charge in [-0.25, -0.2) is 17.6 Å². The van der Waals surface area contributed by atoms with E-state index in [9.17, 15) is 22.8 Å². The van der Waals surface area contributed by atoms with Crippen molar-refractivity contribution in [2.75, 3.05) is 66.0 Å². The maximum Gasteiger partial charge on any atom is 0.141 e. The standard InChI is InChI=1S/C27H27FN6.C26H25FN6.C26H22FN5.C25H20FN5/c1-31-24-8-7-19(13-21(24)16-30)27-26(18-5-6-20(15-29)23(28)14-18)22-9-12-34(25(22)17-32-27)11-4-10-33(2)3;1-30-23-7-6-18(12-20(23)15-29)26-25(17-4-5-19(14-28)22(27)13-17)21-8-9-33(11-10-32(2)3)24(21)16-31-26;1-3-4-10-32-11-9-21-24(32)16-29-26(18-7-8-23-20(12-18)15-30-31(23)2)25(21)17-5-6-19(14-28)22(27)13-17;1-3-9-31-10-8-20-23(31)15-28-25(17-6-7-22-19(11-17)14-29-30(22)2)24(20)16-4-5-18(13-27)21(26)12-16/h5-9,12-14,16-17,30-31H,4,10-11H2,1-3H3;4-9,12-13,15-16,29-30H,10-11H2,1-3H3;5-9,11-13,15-16H,3-4,10H2,1-2H3;4-8,10-12,14-15H,3,9H2,1-2H3. The molecule has 0 aliphatic heterocycles. The molecule has 0 bridgehead atoms. The lowest BCUT2D eigenvalue weighted by Crippen LogP contribution is -2.17. The number of pyridine rings is 4. The molecule has 10 heterocycles. The number of anilines is 2. The summed E-state index contributed by atoms with van der Waals surface area (Å²) in [5.74, 6) is -2.17. The molecule has 26 heteroatoms. The molecule has 18 rings (SSSR count). The quantitative estimate of drug-likeness (QED) is 0.0323. The van der Waals surface area contributed by atoms with Crippen LogP contribution in [-0.2, 0) is 40.3 Å². The van der Waals surface area contributed by atoms with Crippen molar-refractivity contribution in [3.05, 3.63) is 288 Å². The maximum absolute atomic E-state index is 14.6. The Morgan fingerprint density at radius 1 is 0.354 bits per heavy atom. The zero-order valence-corrected chi connectivity index (χ0v) is 73.7. The van der Waals surface area contributed by atoms with E-state index in [0.29, 0.717) is 33.6 Å². The largest absolute Gasteiger partial charge is 0.388 e. The predicted molar refractivity (Wildman–Crippen MR) is 511 cm³/mol. The molecule has 648 valence electrons. The highest BCUT2D eigenvalue weighted by atomic mass is 19.1. The Morgan fingerprint density at radius 2 is 0.662 bits per heavy atom. The van der Waals surface area contributed by atoms with E-state index >= 15 is 0 Å². The van der Waals surface area contributed by atoms with Gasteiger partial charge in [-0.3, -0.25) is 29.3 Å². The normalized spacial score (nSPS) is 11.2. The molecule has 10 aromatic heterocycles. The van der Waals surface area contributed by atoms with Crippen LogP contribution >= 0.6 is 0 Å². The Hall–Kier alpha value is -16.0. The molecule has 0 aliphatic rings. The van der Waals surface area contributed by atoms with Crippen LogP contribution in [0, 0.1) is 79.4 Å². The molecule has 22 nitrogen and oxygen atoms in total. The average Bonchev–Trinajstić information content (AvgIpc) is 1.61. The molecule has 0 radical (unpaired) electrons. The van der Waals surface area contributed by atoms with Gasteiger partial charge in [0.25, 0.3) is 0 Å². The highest BCUT2D eigenvalue weighted by Gasteiger charge is 2.25. The molecular formula is C104H94F4N22. The van der Waals surface area contributed by atoms with E-state index in [4.69, 9.17) is 46.5 Å². The SMILES string of the molecule is CCCCn1ccc2c(-c3ccc(C#N)c(F)c3)c(-c3ccc4c(cnn4C)c3)ncc21.CCCn1ccc2c(-c3ccc(C#N)c(F)c3)c(-c3ccc4c(cnn4C)c3)ncc21.CNc1ccc(-c2ncc3c(ccn3CCCN(C)C)c2-c2ccc(C#N)c(F)c2)cc1C=N.CNc1ccc(-c2ncc3c(ccn3CCN(C)C)c2-c2ccc(C#N)c(F)c2)cc1C=N. The van der Waals surface area contributed by atoms with Gasteiger partial charge >= 0.3 is 0 Å². The van der Waals surface area contributed by atoms with Gasteiger partial charge in [0.1, 0.15) is 47.5 Å². The Bertz CT molecular complexity index is 7530. The molecular weight excluding hydrogens is 1630 g/mol. The van der Waals surface area contributed by atoms with E-state index in [1.54, 1.807) is 24.3 Å². The lowest BCUT2D eigenvalue weighted by atomic mass is 9.94. The first-order chi connectivity index (χ1) is 63.1. The summed E-state index contributed by atoms with van der Waals surface area (Å²) >= 11 is 0. The summed E-state index contributed by atoms with van der Waals surface area (Å²) in [6.45, 7) is 9.59. The first-order valence-electron chi connectivity index (χ1n) is 42.6. The van der Waals surface area contributed by atoms with E-state index in [-0.39, 0.29) is 22.3 Å². The second-order valence-electron chi connectivity index (χ2n) is 32.2. The van der Waals surface area contributed by atoms with Crippen LogP contribution in [0.15, 0.2) is 232 Å². The number of benzene rings is 8. The Labute approximate surface area is 750 Å². The Balaban J connectivity index is 0.000000133. The van der Waals surface area contributed by atoms with E-state index < -0.39 is 23.3 Å². The smallest absolute Gasteiger partial charge is 0.141 e. The highest BCUT2D eigenvalue weighted by molar-refractivity contribution is 6.07. The number of nitrogens with zero attached hydrogens (tertiary/aromatic N) is 18. The number of aryl methyl sites for hydroxylation is 5. The third kappa shape index (κ3) is 18.1. The molecule has 8 aromatic carbocycles. The molecule has 4 N–H and O–H groups in total. The van der Waals surface area contributed by atoms with Crippen molar-refractivity contribution in [1.82, 2.24) is 67.6 Å². The molecule has 0 saturated heterocycles. The van der Waals surface area contributed by atoms with Crippen LogP contribution in [0.4, 0.5) is 28.9 Å². The minimum atomic E-state index is -0.560.